The van der Waals surface area contributed by atoms with Crippen LogP contribution in [0.25, 0.3) is 0 Å². The fourth-order valence-electron chi connectivity index (χ4n) is 1.75. The molecule has 0 aromatic rings. The molecule has 64 valence electrons. The second kappa shape index (κ2) is 2.84. The largest absolute Gasteiger partial charge is 0.465 e. The van der Waals surface area contributed by atoms with Gasteiger partial charge in [-0.1, -0.05) is 20.8 Å². The molecule has 0 amide bonds. The molecule has 1 aliphatic rings. The predicted molar refractivity (Wildman–Crippen MR) is 43.1 cm³/mol. The highest BCUT2D eigenvalue weighted by molar-refractivity contribution is 5.70. The van der Waals surface area contributed by atoms with Gasteiger partial charge in [-0.2, -0.15) is 0 Å². The van der Waals surface area contributed by atoms with Crippen LogP contribution in [0.15, 0.2) is 0 Å². The van der Waals surface area contributed by atoms with E-state index in [0.717, 1.165) is 6.42 Å². The van der Waals surface area contributed by atoms with Crippen molar-refractivity contribution in [3.05, 3.63) is 0 Å². The Balaban J connectivity index is 2.63. The number of ether oxygens (including phenoxy) is 1. The SMILES string of the molecule is CC1COC(=O)CC(C)(C)C1. The maximum absolute atomic E-state index is 11.0. The van der Waals surface area contributed by atoms with Crippen LogP contribution in [0.4, 0.5) is 0 Å². The molecule has 0 radical (unpaired) electrons. The van der Waals surface area contributed by atoms with Gasteiger partial charge in [0, 0.05) is 0 Å². The molecule has 11 heavy (non-hydrogen) atoms. The molecule has 0 bridgehead atoms. The van der Waals surface area contributed by atoms with E-state index in [4.69, 9.17) is 4.74 Å². The third-order valence-corrected chi connectivity index (χ3v) is 2.05. The van der Waals surface area contributed by atoms with Gasteiger partial charge < -0.3 is 4.74 Å². The number of esters is 1. The molecule has 2 nitrogen and oxygen atoms in total. The van der Waals surface area contributed by atoms with Gasteiger partial charge in [0.05, 0.1) is 13.0 Å². The standard InChI is InChI=1S/C9H16O2/c1-7-4-9(2,3)5-8(10)11-6-7/h7H,4-6H2,1-3H3. The lowest BCUT2D eigenvalue weighted by Gasteiger charge is -2.21. The lowest BCUT2D eigenvalue weighted by molar-refractivity contribution is -0.144. The van der Waals surface area contributed by atoms with Crippen LogP contribution in [0.3, 0.4) is 0 Å². The van der Waals surface area contributed by atoms with Gasteiger partial charge in [0.2, 0.25) is 0 Å². The zero-order valence-corrected chi connectivity index (χ0v) is 7.52. The molecule has 0 spiro atoms. The number of carbonyl (C=O) groups is 1. The van der Waals surface area contributed by atoms with E-state index in [0.29, 0.717) is 18.9 Å². The van der Waals surface area contributed by atoms with Gasteiger partial charge in [-0.05, 0) is 17.8 Å². The second-order valence-electron chi connectivity index (χ2n) is 4.33. The molecular formula is C9H16O2. The predicted octanol–water partition coefficient (Wildman–Crippen LogP) is 1.99. The minimum Gasteiger partial charge on any atom is -0.465 e. The molecule has 2 heteroatoms. The van der Waals surface area contributed by atoms with Crippen LogP contribution in [0.5, 0.6) is 0 Å². The zero-order valence-electron chi connectivity index (χ0n) is 7.52. The van der Waals surface area contributed by atoms with Crippen LogP contribution in [-0.2, 0) is 9.53 Å². The molecule has 1 aliphatic heterocycles. The molecule has 0 aliphatic carbocycles. The molecular weight excluding hydrogens is 140 g/mol. The molecule has 1 fully saturated rings. The summed E-state index contributed by atoms with van der Waals surface area (Å²) >= 11 is 0. The van der Waals surface area contributed by atoms with Crippen molar-refractivity contribution in [3.8, 4) is 0 Å². The molecule has 0 N–H and O–H groups in total. The Bertz CT molecular complexity index is 161. The smallest absolute Gasteiger partial charge is 0.306 e. The van der Waals surface area contributed by atoms with E-state index in [1.165, 1.54) is 0 Å². The van der Waals surface area contributed by atoms with Crippen molar-refractivity contribution in [1.82, 2.24) is 0 Å². The van der Waals surface area contributed by atoms with Gasteiger partial charge in [-0.3, -0.25) is 4.79 Å². The van der Waals surface area contributed by atoms with Crippen molar-refractivity contribution >= 4 is 5.97 Å². The Hall–Kier alpha value is -0.530. The minimum absolute atomic E-state index is 0.0423. The monoisotopic (exact) mass is 156 g/mol. The van der Waals surface area contributed by atoms with Crippen molar-refractivity contribution in [2.45, 2.75) is 33.6 Å². The maximum atomic E-state index is 11.0. The molecule has 0 aromatic heterocycles. The summed E-state index contributed by atoms with van der Waals surface area (Å²) in [5.41, 5.74) is 0.132. The Kier molecular flexibility index (Phi) is 2.21. The molecule has 1 heterocycles. The van der Waals surface area contributed by atoms with Crippen LogP contribution < -0.4 is 0 Å². The van der Waals surface area contributed by atoms with E-state index in [1.54, 1.807) is 0 Å². The van der Waals surface area contributed by atoms with Crippen molar-refractivity contribution in [2.75, 3.05) is 6.61 Å². The average molecular weight is 156 g/mol. The first-order valence-corrected chi connectivity index (χ1v) is 4.15. The summed E-state index contributed by atoms with van der Waals surface area (Å²) in [5, 5.41) is 0. The van der Waals surface area contributed by atoms with Crippen LogP contribution in [0.1, 0.15) is 33.6 Å². The first-order valence-electron chi connectivity index (χ1n) is 4.15. The topological polar surface area (TPSA) is 26.3 Å². The molecule has 0 saturated carbocycles. The lowest BCUT2D eigenvalue weighted by Crippen LogP contribution is -2.15. The maximum Gasteiger partial charge on any atom is 0.306 e. The number of hydrogen-bond donors (Lipinski definition) is 0. The second-order valence-corrected chi connectivity index (χ2v) is 4.33. The Labute approximate surface area is 67.9 Å². The van der Waals surface area contributed by atoms with Crippen LogP contribution in [0, 0.1) is 11.3 Å². The zero-order chi connectivity index (χ0) is 8.48. The van der Waals surface area contributed by atoms with E-state index in [-0.39, 0.29) is 11.4 Å². The highest BCUT2D eigenvalue weighted by Crippen LogP contribution is 2.32. The summed E-state index contributed by atoms with van der Waals surface area (Å²) in [6.45, 7) is 6.97. The van der Waals surface area contributed by atoms with Crippen LogP contribution >= 0.6 is 0 Å². The Morgan fingerprint density at radius 1 is 1.55 bits per heavy atom. The van der Waals surface area contributed by atoms with Gasteiger partial charge in [0.25, 0.3) is 0 Å². The summed E-state index contributed by atoms with van der Waals surface area (Å²) in [5.74, 6) is 0.468. The van der Waals surface area contributed by atoms with Crippen molar-refractivity contribution in [3.63, 3.8) is 0 Å². The van der Waals surface area contributed by atoms with E-state index >= 15 is 0 Å². The van der Waals surface area contributed by atoms with Gasteiger partial charge in [-0.15, -0.1) is 0 Å². The highest BCUT2D eigenvalue weighted by Gasteiger charge is 2.28. The van der Waals surface area contributed by atoms with E-state index < -0.39 is 0 Å². The van der Waals surface area contributed by atoms with Crippen LogP contribution in [-0.4, -0.2) is 12.6 Å². The fraction of sp³-hybridized carbons (Fsp3) is 0.889. The first-order chi connectivity index (χ1) is 4.99. The number of carbonyl (C=O) groups excluding carboxylic acids is 1. The Morgan fingerprint density at radius 2 is 2.18 bits per heavy atom. The molecule has 1 saturated heterocycles. The summed E-state index contributed by atoms with van der Waals surface area (Å²) in [7, 11) is 0. The van der Waals surface area contributed by atoms with E-state index in [9.17, 15) is 4.79 Å². The quantitative estimate of drug-likeness (QED) is 0.501. The third-order valence-electron chi connectivity index (χ3n) is 2.05. The van der Waals surface area contributed by atoms with Gasteiger partial charge >= 0.3 is 5.97 Å². The first kappa shape index (κ1) is 8.57. The highest BCUT2D eigenvalue weighted by atomic mass is 16.5. The van der Waals surface area contributed by atoms with E-state index in [1.807, 2.05) is 0 Å². The van der Waals surface area contributed by atoms with E-state index in [2.05, 4.69) is 20.8 Å². The number of rotatable bonds is 0. The summed E-state index contributed by atoms with van der Waals surface area (Å²) in [6, 6.07) is 0. The van der Waals surface area contributed by atoms with Gasteiger partial charge in [0.1, 0.15) is 0 Å². The summed E-state index contributed by atoms with van der Waals surface area (Å²) in [6.07, 6.45) is 1.65. The van der Waals surface area contributed by atoms with Gasteiger partial charge in [-0.25, -0.2) is 0 Å². The summed E-state index contributed by atoms with van der Waals surface area (Å²) in [4.78, 5) is 11.0. The fourth-order valence-corrected chi connectivity index (χ4v) is 1.75. The van der Waals surface area contributed by atoms with Crippen molar-refractivity contribution in [2.24, 2.45) is 11.3 Å². The lowest BCUT2D eigenvalue weighted by atomic mass is 9.82. The molecule has 0 aromatic carbocycles. The van der Waals surface area contributed by atoms with Crippen molar-refractivity contribution in [1.29, 1.82) is 0 Å². The van der Waals surface area contributed by atoms with Crippen LogP contribution in [0.2, 0.25) is 0 Å². The summed E-state index contributed by atoms with van der Waals surface area (Å²) < 4.78 is 5.01. The van der Waals surface area contributed by atoms with Gasteiger partial charge in [0.15, 0.2) is 0 Å². The molecule has 1 rings (SSSR count). The normalized spacial score (nSPS) is 30.8. The third kappa shape index (κ3) is 2.52. The molecule has 1 unspecified atom stereocenters. The minimum atomic E-state index is -0.0423. The number of cyclic esters (lactones) is 1. The Morgan fingerprint density at radius 3 is 2.82 bits per heavy atom. The average Bonchev–Trinajstić information content (AvgIpc) is 1.89. The molecule has 1 atom stereocenters. The number of hydrogen-bond acceptors (Lipinski definition) is 2. The van der Waals surface area contributed by atoms with Crippen molar-refractivity contribution < 1.29 is 9.53 Å².